The van der Waals surface area contributed by atoms with Gasteiger partial charge < -0.3 is 16.0 Å². The second-order valence-electron chi connectivity index (χ2n) is 5.38. The van der Waals surface area contributed by atoms with Gasteiger partial charge in [0.05, 0.1) is 6.04 Å². The summed E-state index contributed by atoms with van der Waals surface area (Å²) in [5, 5.41) is 2.96. The standard InChI is InChI=1S/C13H29N3OS.2ClH/c1-10(2)8-11(16(3)4)9-15-13(17)12(14)6-7-18-5;;/h10-12H,6-9,14H2,1-5H3,(H,15,17);2*1H/t11?,12-;;/m0../s1. The Morgan fingerprint density at radius 3 is 2.25 bits per heavy atom. The predicted octanol–water partition coefficient (Wildman–Crippen LogP) is 2.00. The number of nitrogens with zero attached hydrogens (tertiary/aromatic N) is 1. The van der Waals surface area contributed by atoms with Gasteiger partial charge in [-0.2, -0.15) is 11.8 Å². The van der Waals surface area contributed by atoms with Crippen molar-refractivity contribution in [3.05, 3.63) is 0 Å². The lowest BCUT2D eigenvalue weighted by molar-refractivity contribution is -0.122. The lowest BCUT2D eigenvalue weighted by Crippen LogP contribution is -2.47. The fourth-order valence-corrected chi connectivity index (χ4v) is 2.24. The number of hydrogen-bond acceptors (Lipinski definition) is 4. The minimum atomic E-state index is -0.376. The number of carbonyl (C=O) groups is 1. The molecule has 4 nitrogen and oxygen atoms in total. The Balaban J connectivity index is -0.00000144. The lowest BCUT2D eigenvalue weighted by Gasteiger charge is -2.26. The van der Waals surface area contributed by atoms with Gasteiger partial charge in [0.25, 0.3) is 0 Å². The summed E-state index contributed by atoms with van der Waals surface area (Å²) < 4.78 is 0. The minimum absolute atomic E-state index is 0. The number of halogens is 2. The molecule has 0 aromatic heterocycles. The maximum atomic E-state index is 11.8. The molecule has 1 amide bonds. The van der Waals surface area contributed by atoms with E-state index in [1.54, 1.807) is 11.8 Å². The Kier molecular flexibility index (Phi) is 18.0. The first-order chi connectivity index (χ1) is 8.38. The number of rotatable bonds is 9. The molecule has 20 heavy (non-hydrogen) atoms. The van der Waals surface area contributed by atoms with Crippen LogP contribution < -0.4 is 11.1 Å². The number of thioether (sulfide) groups is 1. The number of amides is 1. The van der Waals surface area contributed by atoms with E-state index < -0.39 is 0 Å². The average molecular weight is 348 g/mol. The van der Waals surface area contributed by atoms with Gasteiger partial charge in [-0.1, -0.05) is 13.8 Å². The van der Waals surface area contributed by atoms with Gasteiger partial charge in [0.15, 0.2) is 0 Å². The summed E-state index contributed by atoms with van der Waals surface area (Å²) in [4.78, 5) is 14.0. The molecule has 3 N–H and O–H groups in total. The summed E-state index contributed by atoms with van der Waals surface area (Å²) in [6.07, 6.45) is 3.84. The molecule has 124 valence electrons. The van der Waals surface area contributed by atoms with Crippen molar-refractivity contribution in [1.29, 1.82) is 0 Å². The van der Waals surface area contributed by atoms with Crippen molar-refractivity contribution in [3.63, 3.8) is 0 Å². The van der Waals surface area contributed by atoms with E-state index in [0.717, 1.165) is 18.6 Å². The summed E-state index contributed by atoms with van der Waals surface area (Å²) in [6, 6.07) is 0.000937. The van der Waals surface area contributed by atoms with Crippen LogP contribution >= 0.6 is 36.6 Å². The molecule has 0 heterocycles. The van der Waals surface area contributed by atoms with E-state index in [1.807, 2.05) is 20.4 Å². The van der Waals surface area contributed by atoms with Crippen molar-refractivity contribution >= 4 is 42.5 Å². The van der Waals surface area contributed by atoms with Crippen molar-refractivity contribution in [2.45, 2.75) is 38.8 Å². The van der Waals surface area contributed by atoms with Crippen LogP contribution in [0, 0.1) is 5.92 Å². The van der Waals surface area contributed by atoms with E-state index in [1.165, 1.54) is 0 Å². The van der Waals surface area contributed by atoms with E-state index in [9.17, 15) is 4.79 Å². The van der Waals surface area contributed by atoms with Crippen LogP contribution in [-0.4, -0.2) is 55.5 Å². The molecule has 7 heteroatoms. The smallest absolute Gasteiger partial charge is 0.237 e. The molecule has 0 aliphatic carbocycles. The predicted molar refractivity (Wildman–Crippen MR) is 95.4 cm³/mol. The molecule has 0 rings (SSSR count). The zero-order chi connectivity index (χ0) is 14.1. The SMILES string of the molecule is CSCC[C@H](N)C(=O)NCC(CC(C)C)N(C)C.Cl.Cl. The topological polar surface area (TPSA) is 58.4 Å². The largest absolute Gasteiger partial charge is 0.353 e. The third kappa shape index (κ3) is 12.1. The van der Waals surface area contributed by atoms with Gasteiger partial charge >= 0.3 is 0 Å². The molecular weight excluding hydrogens is 317 g/mol. The highest BCUT2D eigenvalue weighted by Crippen LogP contribution is 2.08. The summed E-state index contributed by atoms with van der Waals surface area (Å²) >= 11 is 1.72. The molecular formula is C13H31Cl2N3OS. The second kappa shape index (κ2) is 14.3. The number of nitrogens with one attached hydrogen (secondary N) is 1. The zero-order valence-corrected chi connectivity index (χ0v) is 15.7. The second-order valence-corrected chi connectivity index (χ2v) is 6.37. The molecule has 0 radical (unpaired) electrons. The van der Waals surface area contributed by atoms with Crippen LogP contribution in [0.25, 0.3) is 0 Å². The summed E-state index contributed by atoms with van der Waals surface area (Å²) in [6.45, 7) is 5.07. The minimum Gasteiger partial charge on any atom is -0.353 e. The summed E-state index contributed by atoms with van der Waals surface area (Å²) in [5.74, 6) is 1.52. The highest BCUT2D eigenvalue weighted by molar-refractivity contribution is 7.98. The molecule has 0 aromatic rings. The van der Waals surface area contributed by atoms with E-state index in [4.69, 9.17) is 5.73 Å². The Hall–Kier alpha value is 0.320. The van der Waals surface area contributed by atoms with E-state index in [-0.39, 0.29) is 36.8 Å². The maximum Gasteiger partial charge on any atom is 0.237 e. The molecule has 1 unspecified atom stereocenters. The van der Waals surface area contributed by atoms with Crippen LogP contribution in [0.3, 0.4) is 0 Å². The molecule has 0 bridgehead atoms. The van der Waals surface area contributed by atoms with E-state index >= 15 is 0 Å². The monoisotopic (exact) mass is 347 g/mol. The van der Waals surface area contributed by atoms with Crippen molar-refractivity contribution in [3.8, 4) is 0 Å². The Bertz CT molecular complexity index is 244. The van der Waals surface area contributed by atoms with Gasteiger partial charge in [0.1, 0.15) is 0 Å². The van der Waals surface area contributed by atoms with Crippen molar-refractivity contribution < 1.29 is 4.79 Å². The van der Waals surface area contributed by atoms with Gasteiger partial charge in [-0.15, -0.1) is 24.8 Å². The Labute approximate surface area is 140 Å². The lowest BCUT2D eigenvalue weighted by atomic mass is 10.0. The van der Waals surface area contributed by atoms with E-state index in [2.05, 4.69) is 24.1 Å². The summed E-state index contributed by atoms with van der Waals surface area (Å²) in [5.41, 5.74) is 5.83. The molecule has 0 aliphatic heterocycles. The average Bonchev–Trinajstić information content (AvgIpc) is 2.30. The van der Waals surface area contributed by atoms with Crippen LogP contribution in [0.2, 0.25) is 0 Å². The summed E-state index contributed by atoms with van der Waals surface area (Å²) in [7, 11) is 4.10. The highest BCUT2D eigenvalue weighted by Gasteiger charge is 2.17. The molecule has 0 saturated carbocycles. The number of nitrogens with two attached hydrogens (primary N) is 1. The Morgan fingerprint density at radius 1 is 1.30 bits per heavy atom. The van der Waals surface area contributed by atoms with Crippen LogP contribution in [-0.2, 0) is 4.79 Å². The maximum absolute atomic E-state index is 11.8. The Morgan fingerprint density at radius 2 is 1.85 bits per heavy atom. The molecule has 2 atom stereocenters. The third-order valence-corrected chi connectivity index (χ3v) is 3.60. The molecule has 0 saturated heterocycles. The van der Waals surface area contributed by atoms with Gasteiger partial charge in [-0.25, -0.2) is 0 Å². The van der Waals surface area contributed by atoms with Gasteiger partial charge in [-0.3, -0.25) is 4.79 Å². The van der Waals surface area contributed by atoms with Crippen LogP contribution in [0.15, 0.2) is 0 Å². The van der Waals surface area contributed by atoms with Crippen LogP contribution in [0.1, 0.15) is 26.7 Å². The molecule has 0 spiro atoms. The van der Waals surface area contributed by atoms with Gasteiger partial charge in [-0.05, 0) is 44.9 Å². The van der Waals surface area contributed by atoms with Crippen LogP contribution in [0.4, 0.5) is 0 Å². The fraction of sp³-hybridized carbons (Fsp3) is 0.923. The zero-order valence-electron chi connectivity index (χ0n) is 13.2. The van der Waals surface area contributed by atoms with Crippen molar-refractivity contribution in [2.75, 3.05) is 32.6 Å². The normalized spacial score (nSPS) is 13.4. The van der Waals surface area contributed by atoms with Crippen molar-refractivity contribution in [1.82, 2.24) is 10.2 Å². The number of carbonyl (C=O) groups excluding carboxylic acids is 1. The quantitative estimate of drug-likeness (QED) is 0.669. The van der Waals surface area contributed by atoms with Gasteiger partial charge in [0, 0.05) is 12.6 Å². The van der Waals surface area contributed by atoms with Gasteiger partial charge in [0.2, 0.25) is 5.91 Å². The first-order valence-electron chi connectivity index (χ1n) is 6.57. The van der Waals surface area contributed by atoms with Crippen LogP contribution in [0.5, 0.6) is 0 Å². The van der Waals surface area contributed by atoms with Crippen molar-refractivity contribution in [2.24, 2.45) is 11.7 Å². The van der Waals surface area contributed by atoms with E-state index in [0.29, 0.717) is 18.5 Å². The number of hydrogen-bond donors (Lipinski definition) is 2. The molecule has 0 aromatic carbocycles. The molecule has 0 fully saturated rings. The molecule has 0 aliphatic rings. The first-order valence-corrected chi connectivity index (χ1v) is 7.96. The first kappa shape index (κ1) is 25.3. The fourth-order valence-electron chi connectivity index (χ4n) is 1.75. The third-order valence-electron chi connectivity index (χ3n) is 2.96. The highest BCUT2D eigenvalue weighted by atomic mass is 35.5. The number of likely N-dealkylation sites (N-methyl/N-ethyl adjacent to an activating group) is 1.